The van der Waals surface area contributed by atoms with Crippen LogP contribution in [0.1, 0.15) is 54.0 Å². The Morgan fingerprint density at radius 3 is 2.62 bits per heavy atom. The van der Waals surface area contributed by atoms with E-state index in [2.05, 4.69) is 15.8 Å². The lowest BCUT2D eigenvalue weighted by molar-refractivity contribution is -0.116. The van der Waals surface area contributed by atoms with Crippen LogP contribution in [-0.4, -0.2) is 22.0 Å². The summed E-state index contributed by atoms with van der Waals surface area (Å²) in [5.41, 5.74) is 5.48. The summed E-state index contributed by atoms with van der Waals surface area (Å²) < 4.78 is 5.55. The number of rotatable bonds is 3. The van der Waals surface area contributed by atoms with E-state index in [9.17, 15) is 14.7 Å². The molecule has 5 rings (SSSR count). The van der Waals surface area contributed by atoms with Gasteiger partial charge in [-0.25, -0.2) is 0 Å². The fourth-order valence-electron chi connectivity index (χ4n) is 4.82. The number of carbonyl (C=O) groups excluding carboxylic acids is 2. The van der Waals surface area contributed by atoms with E-state index in [-0.39, 0.29) is 29.3 Å². The molecule has 1 aromatic heterocycles. The number of aryl methyl sites for hydroxylation is 1. The molecule has 0 radical (unpaired) electrons. The van der Waals surface area contributed by atoms with Gasteiger partial charge in [-0.2, -0.15) is 0 Å². The van der Waals surface area contributed by atoms with Gasteiger partial charge in [0.05, 0.1) is 11.3 Å². The third-order valence-corrected chi connectivity index (χ3v) is 6.20. The SMILES string of the molecule is CC(=O)Nc1ccc([C@@H]2C3=C(C[C@H](c4ccccc4O)CC3=O)Nc3onc(C)c32)cc1. The van der Waals surface area contributed by atoms with Crippen molar-refractivity contribution in [1.82, 2.24) is 5.16 Å². The van der Waals surface area contributed by atoms with E-state index in [1.807, 2.05) is 43.3 Å². The van der Waals surface area contributed by atoms with E-state index >= 15 is 0 Å². The van der Waals surface area contributed by atoms with Crippen molar-refractivity contribution in [1.29, 1.82) is 0 Å². The lowest BCUT2D eigenvalue weighted by Crippen LogP contribution is -2.29. The minimum atomic E-state index is -0.309. The number of nitrogens with zero attached hydrogens (tertiary/aromatic N) is 1. The highest BCUT2D eigenvalue weighted by Crippen LogP contribution is 2.49. The molecule has 0 fully saturated rings. The quantitative estimate of drug-likeness (QED) is 0.562. The fourth-order valence-corrected chi connectivity index (χ4v) is 4.82. The summed E-state index contributed by atoms with van der Waals surface area (Å²) >= 11 is 0. The number of phenolic OH excluding ortho intramolecular Hbond substituents is 1. The number of aromatic nitrogens is 1. The third-order valence-electron chi connectivity index (χ3n) is 6.20. The van der Waals surface area contributed by atoms with Crippen LogP contribution in [0, 0.1) is 6.92 Å². The van der Waals surface area contributed by atoms with Crippen molar-refractivity contribution in [2.75, 3.05) is 10.6 Å². The number of ketones is 1. The van der Waals surface area contributed by atoms with Gasteiger partial charge in [0.1, 0.15) is 5.75 Å². The number of carbonyl (C=O) groups is 2. The molecular weight excluding hydrogens is 406 g/mol. The number of hydrogen-bond acceptors (Lipinski definition) is 6. The summed E-state index contributed by atoms with van der Waals surface area (Å²) in [7, 11) is 0. The van der Waals surface area contributed by atoms with Crippen molar-refractivity contribution in [2.45, 2.75) is 38.5 Å². The van der Waals surface area contributed by atoms with Crippen LogP contribution >= 0.6 is 0 Å². The van der Waals surface area contributed by atoms with E-state index in [4.69, 9.17) is 4.52 Å². The standard InChI is InChI=1S/C25H23N3O4/c1-13-22-23(15-7-9-17(10-8-15)26-14(2)29)24-19(27-25(22)32-28-13)11-16(12-21(24)31)18-5-3-4-6-20(18)30/h3-10,16,23,27,30H,11-12H2,1-2H3,(H,26,29)/t16-,23-/m0/s1. The normalized spacial score (nSPS) is 19.8. The summed E-state index contributed by atoms with van der Waals surface area (Å²) in [5, 5.41) is 20.5. The molecule has 32 heavy (non-hydrogen) atoms. The Morgan fingerprint density at radius 2 is 1.91 bits per heavy atom. The molecule has 7 nitrogen and oxygen atoms in total. The van der Waals surface area contributed by atoms with Crippen molar-refractivity contribution in [3.05, 3.63) is 82.2 Å². The first-order valence-corrected chi connectivity index (χ1v) is 10.6. The zero-order chi connectivity index (χ0) is 22.4. The number of fused-ring (bicyclic) bond motifs is 1. The minimum Gasteiger partial charge on any atom is -0.508 e. The van der Waals surface area contributed by atoms with Crippen LogP contribution < -0.4 is 10.6 Å². The maximum absolute atomic E-state index is 13.5. The van der Waals surface area contributed by atoms with Crippen LogP contribution in [0.3, 0.4) is 0 Å². The van der Waals surface area contributed by atoms with Gasteiger partial charge in [0.25, 0.3) is 0 Å². The first kappa shape index (κ1) is 20.1. The van der Waals surface area contributed by atoms with Gasteiger partial charge in [-0.1, -0.05) is 35.5 Å². The number of aromatic hydroxyl groups is 1. The average molecular weight is 429 g/mol. The number of amides is 1. The second-order valence-corrected chi connectivity index (χ2v) is 8.35. The van der Waals surface area contributed by atoms with Crippen molar-refractivity contribution in [2.24, 2.45) is 0 Å². The highest BCUT2D eigenvalue weighted by atomic mass is 16.5. The Hall–Kier alpha value is -3.87. The smallest absolute Gasteiger partial charge is 0.233 e. The van der Waals surface area contributed by atoms with Crippen LogP contribution in [0.15, 0.2) is 64.3 Å². The van der Waals surface area contributed by atoms with E-state index < -0.39 is 0 Å². The highest BCUT2D eigenvalue weighted by molar-refractivity contribution is 6.01. The molecule has 0 spiro atoms. The zero-order valence-electron chi connectivity index (χ0n) is 17.8. The molecule has 2 aliphatic rings. The highest BCUT2D eigenvalue weighted by Gasteiger charge is 2.41. The maximum atomic E-state index is 13.5. The van der Waals surface area contributed by atoms with Crippen LogP contribution in [0.4, 0.5) is 11.6 Å². The molecule has 7 heteroatoms. The van der Waals surface area contributed by atoms with Crippen molar-refractivity contribution in [3.8, 4) is 5.75 Å². The summed E-state index contributed by atoms with van der Waals surface area (Å²) in [4.78, 5) is 24.8. The fraction of sp³-hybridized carbons (Fsp3) is 0.240. The summed E-state index contributed by atoms with van der Waals surface area (Å²) in [6.07, 6.45) is 0.899. The van der Waals surface area contributed by atoms with E-state index in [0.717, 1.165) is 28.1 Å². The van der Waals surface area contributed by atoms with Gasteiger partial charge < -0.3 is 20.3 Å². The molecule has 1 aliphatic carbocycles. The Bertz CT molecular complexity index is 1260. The van der Waals surface area contributed by atoms with Crippen LogP contribution in [0.2, 0.25) is 0 Å². The van der Waals surface area contributed by atoms with Crippen molar-refractivity contribution < 1.29 is 19.2 Å². The van der Waals surface area contributed by atoms with Gasteiger partial charge in [0.15, 0.2) is 5.78 Å². The Kier molecular flexibility index (Phi) is 4.81. The molecule has 162 valence electrons. The molecule has 3 aromatic rings. The van der Waals surface area contributed by atoms with Crippen molar-refractivity contribution >= 4 is 23.3 Å². The van der Waals surface area contributed by atoms with E-state index in [0.29, 0.717) is 30.0 Å². The first-order chi connectivity index (χ1) is 15.4. The number of benzene rings is 2. The van der Waals surface area contributed by atoms with Gasteiger partial charge in [0.2, 0.25) is 11.8 Å². The average Bonchev–Trinajstić information content (AvgIpc) is 3.13. The first-order valence-electron chi connectivity index (χ1n) is 10.6. The molecule has 2 atom stereocenters. The van der Waals surface area contributed by atoms with E-state index in [1.165, 1.54) is 6.92 Å². The van der Waals surface area contributed by atoms with E-state index in [1.54, 1.807) is 12.1 Å². The number of phenols is 1. The van der Waals surface area contributed by atoms with Gasteiger partial charge in [0, 0.05) is 42.1 Å². The topological polar surface area (TPSA) is 104 Å². The number of Topliss-reactive ketones (excluding diaryl/α,β-unsaturated/α-hetero) is 1. The molecule has 3 N–H and O–H groups in total. The summed E-state index contributed by atoms with van der Waals surface area (Å²) in [6.45, 7) is 3.33. The molecule has 1 amide bonds. The molecule has 0 bridgehead atoms. The van der Waals surface area contributed by atoms with Gasteiger partial charge in [-0.3, -0.25) is 9.59 Å². The maximum Gasteiger partial charge on any atom is 0.233 e. The van der Waals surface area contributed by atoms with Crippen LogP contribution in [0.25, 0.3) is 0 Å². The largest absolute Gasteiger partial charge is 0.508 e. The van der Waals surface area contributed by atoms with Gasteiger partial charge >= 0.3 is 0 Å². The number of hydrogen-bond donors (Lipinski definition) is 3. The number of para-hydroxylation sites is 1. The molecule has 0 saturated heterocycles. The number of allylic oxidation sites excluding steroid dienone is 2. The van der Waals surface area contributed by atoms with Gasteiger partial charge in [-0.15, -0.1) is 0 Å². The summed E-state index contributed by atoms with van der Waals surface area (Å²) in [5.74, 6) is 0.211. The van der Waals surface area contributed by atoms with Crippen molar-refractivity contribution in [3.63, 3.8) is 0 Å². The molecule has 0 saturated carbocycles. The van der Waals surface area contributed by atoms with Crippen LogP contribution in [-0.2, 0) is 9.59 Å². The Balaban J connectivity index is 1.58. The predicted molar refractivity (Wildman–Crippen MR) is 120 cm³/mol. The number of anilines is 2. The molecular formula is C25H23N3O4. The zero-order valence-corrected chi connectivity index (χ0v) is 17.8. The van der Waals surface area contributed by atoms with Gasteiger partial charge in [-0.05, 0) is 42.7 Å². The minimum absolute atomic E-state index is 0.0363. The molecule has 2 heterocycles. The predicted octanol–water partition coefficient (Wildman–Crippen LogP) is 4.61. The Morgan fingerprint density at radius 1 is 1.16 bits per heavy atom. The monoisotopic (exact) mass is 429 g/mol. The second kappa shape index (κ2) is 7.67. The lowest BCUT2D eigenvalue weighted by Gasteiger charge is -2.34. The third kappa shape index (κ3) is 3.36. The lowest BCUT2D eigenvalue weighted by atomic mass is 9.72. The molecule has 2 aromatic carbocycles. The molecule has 0 unspecified atom stereocenters. The number of nitrogens with one attached hydrogen (secondary N) is 2. The Labute approximate surface area is 185 Å². The summed E-state index contributed by atoms with van der Waals surface area (Å²) in [6, 6.07) is 14.7. The van der Waals surface area contributed by atoms with Crippen LogP contribution in [0.5, 0.6) is 5.75 Å². The second-order valence-electron chi connectivity index (χ2n) is 8.35. The molecule has 1 aliphatic heterocycles.